The molecule has 1 aromatic heterocycles. The van der Waals surface area contributed by atoms with Crippen molar-refractivity contribution in [2.24, 2.45) is 23.7 Å². The summed E-state index contributed by atoms with van der Waals surface area (Å²) in [5.74, 6) is 5.21. The van der Waals surface area contributed by atoms with Crippen molar-refractivity contribution in [3.05, 3.63) is 211 Å². The summed E-state index contributed by atoms with van der Waals surface area (Å²) < 4.78 is 0. The third-order valence-corrected chi connectivity index (χ3v) is 16.1. The third-order valence-electron chi connectivity index (χ3n) is 16.1. The Balaban J connectivity index is 0.935. The van der Waals surface area contributed by atoms with Gasteiger partial charge < -0.3 is 0 Å². The minimum absolute atomic E-state index is 0.0976. The first-order valence-electron chi connectivity index (χ1n) is 23.9. The van der Waals surface area contributed by atoms with Crippen LogP contribution in [0.25, 0.3) is 100 Å². The number of benzene rings is 9. The summed E-state index contributed by atoms with van der Waals surface area (Å²) in [5, 5.41) is 4.71. The molecule has 15 rings (SSSR count). The number of rotatable bonds is 6. The molecule has 4 saturated carbocycles. The number of fused-ring (bicyclic) bond motifs is 5. The topological polar surface area (TPSA) is 38.7 Å². The Morgan fingerprint density at radius 1 is 0.303 bits per heavy atom. The minimum Gasteiger partial charge on any atom is -0.208 e. The first-order chi connectivity index (χ1) is 32.7. The summed E-state index contributed by atoms with van der Waals surface area (Å²) in [6, 6.07) is 73.2. The van der Waals surface area contributed by atoms with Crippen molar-refractivity contribution in [3.8, 4) is 78.7 Å². The Morgan fingerprint density at radius 2 is 0.742 bits per heavy atom. The van der Waals surface area contributed by atoms with E-state index in [0.29, 0.717) is 29.3 Å². The summed E-state index contributed by atoms with van der Waals surface area (Å²) in [7, 11) is 0. The average molecular weight is 846 g/mol. The molecule has 0 aliphatic heterocycles. The van der Waals surface area contributed by atoms with Crippen LogP contribution in [0.4, 0.5) is 0 Å². The number of nitrogens with zero attached hydrogens (tertiary/aromatic N) is 3. The van der Waals surface area contributed by atoms with Gasteiger partial charge in [0.1, 0.15) is 0 Å². The van der Waals surface area contributed by atoms with E-state index in [2.05, 4.69) is 194 Å². The number of hydrogen-bond acceptors (Lipinski definition) is 3. The smallest absolute Gasteiger partial charge is 0.165 e. The molecule has 0 N–H and O–H groups in total. The van der Waals surface area contributed by atoms with Gasteiger partial charge in [0.15, 0.2) is 17.5 Å². The lowest BCUT2D eigenvalue weighted by Crippen LogP contribution is -2.55. The van der Waals surface area contributed by atoms with E-state index in [9.17, 15) is 0 Å². The summed E-state index contributed by atoms with van der Waals surface area (Å²) in [6.45, 7) is 0. The van der Waals surface area contributed by atoms with E-state index in [0.717, 1.165) is 44.9 Å². The van der Waals surface area contributed by atoms with Gasteiger partial charge in [0.05, 0.1) is 0 Å². The monoisotopic (exact) mass is 845 g/mol. The highest BCUT2D eigenvalue weighted by Crippen LogP contribution is 2.69. The molecule has 1 heterocycles. The molecule has 4 bridgehead atoms. The van der Waals surface area contributed by atoms with Crippen LogP contribution in [0.3, 0.4) is 0 Å². The van der Waals surface area contributed by atoms with Gasteiger partial charge in [-0.1, -0.05) is 188 Å². The van der Waals surface area contributed by atoms with Crippen molar-refractivity contribution in [3.63, 3.8) is 0 Å². The van der Waals surface area contributed by atoms with E-state index in [1.165, 1.54) is 81.8 Å². The first-order valence-corrected chi connectivity index (χ1v) is 23.9. The van der Waals surface area contributed by atoms with Crippen LogP contribution in [-0.2, 0) is 5.41 Å². The fourth-order valence-electron chi connectivity index (χ4n) is 13.6. The van der Waals surface area contributed by atoms with Crippen LogP contribution in [0.2, 0.25) is 0 Å². The van der Waals surface area contributed by atoms with Gasteiger partial charge in [-0.05, 0) is 145 Å². The summed E-state index contributed by atoms with van der Waals surface area (Å²) in [5.41, 5.74) is 16.4. The summed E-state index contributed by atoms with van der Waals surface area (Å²) in [4.78, 5) is 15.9. The van der Waals surface area contributed by atoms with Crippen molar-refractivity contribution in [1.82, 2.24) is 15.0 Å². The van der Waals surface area contributed by atoms with E-state index in [1.54, 1.807) is 11.1 Å². The molecule has 5 aliphatic rings. The lowest BCUT2D eigenvalue weighted by molar-refractivity contribution is -0.0399. The Morgan fingerprint density at radius 3 is 1.36 bits per heavy atom. The van der Waals surface area contributed by atoms with Crippen LogP contribution in [0.1, 0.15) is 43.2 Å². The van der Waals surface area contributed by atoms with Crippen molar-refractivity contribution in [2.45, 2.75) is 37.5 Å². The van der Waals surface area contributed by atoms with Gasteiger partial charge in [0, 0.05) is 22.1 Å². The van der Waals surface area contributed by atoms with Gasteiger partial charge in [0.25, 0.3) is 0 Å². The second-order valence-electron chi connectivity index (χ2n) is 19.5. The molecule has 3 nitrogen and oxygen atoms in total. The van der Waals surface area contributed by atoms with Crippen molar-refractivity contribution in [2.75, 3.05) is 0 Å². The second-order valence-corrected chi connectivity index (χ2v) is 19.5. The lowest BCUT2D eigenvalue weighted by atomic mass is 9.43. The quantitative estimate of drug-likeness (QED) is 0.157. The molecule has 0 amide bonds. The van der Waals surface area contributed by atoms with Crippen molar-refractivity contribution in [1.29, 1.82) is 0 Å². The fourth-order valence-corrected chi connectivity index (χ4v) is 13.6. The zero-order valence-electron chi connectivity index (χ0n) is 36.7. The fraction of sp³-hybridized carbons (Fsp3) is 0.159. The maximum atomic E-state index is 5.41. The Hall–Kier alpha value is -7.49. The first kappa shape index (κ1) is 37.8. The third kappa shape index (κ3) is 5.72. The average Bonchev–Trinajstić information content (AvgIpc) is 3.67. The van der Waals surface area contributed by atoms with E-state index in [-0.39, 0.29) is 5.41 Å². The lowest BCUT2D eigenvalue weighted by Gasteiger charge is -2.61. The molecule has 5 aliphatic carbocycles. The van der Waals surface area contributed by atoms with Crippen LogP contribution in [0, 0.1) is 23.7 Å². The van der Waals surface area contributed by atoms with E-state index in [4.69, 9.17) is 15.0 Å². The molecule has 66 heavy (non-hydrogen) atoms. The largest absolute Gasteiger partial charge is 0.208 e. The zero-order valence-corrected chi connectivity index (χ0v) is 36.7. The van der Waals surface area contributed by atoms with Crippen LogP contribution in [0.15, 0.2) is 200 Å². The predicted molar refractivity (Wildman–Crippen MR) is 271 cm³/mol. The number of hydrogen-bond donors (Lipinski definition) is 0. The minimum atomic E-state index is 0.0976. The van der Waals surface area contributed by atoms with E-state index >= 15 is 0 Å². The molecule has 3 heteroatoms. The normalized spacial score (nSPS) is 21.1. The van der Waals surface area contributed by atoms with Gasteiger partial charge in [-0.25, -0.2) is 15.0 Å². The molecule has 4 fully saturated rings. The molecular weight excluding hydrogens is 799 g/mol. The second kappa shape index (κ2) is 14.8. The van der Waals surface area contributed by atoms with Crippen molar-refractivity contribution < 1.29 is 0 Å². The highest BCUT2D eigenvalue weighted by molar-refractivity contribution is 6.21. The van der Waals surface area contributed by atoms with Crippen LogP contribution in [0.5, 0.6) is 0 Å². The molecule has 0 atom stereocenters. The molecular formula is C63H47N3. The molecule has 0 saturated heterocycles. The van der Waals surface area contributed by atoms with Gasteiger partial charge in [-0.2, -0.15) is 0 Å². The Labute approximate surface area is 385 Å². The van der Waals surface area contributed by atoms with E-state index < -0.39 is 0 Å². The Kier molecular flexibility index (Phi) is 8.47. The van der Waals surface area contributed by atoms with Gasteiger partial charge in [0.2, 0.25) is 0 Å². The van der Waals surface area contributed by atoms with Crippen LogP contribution in [-0.4, -0.2) is 15.0 Å². The summed E-state index contributed by atoms with van der Waals surface area (Å²) in [6.07, 6.45) is 6.94. The van der Waals surface area contributed by atoms with Crippen LogP contribution >= 0.6 is 0 Å². The van der Waals surface area contributed by atoms with Gasteiger partial charge in [-0.3, -0.25) is 0 Å². The van der Waals surface area contributed by atoms with Gasteiger partial charge >= 0.3 is 0 Å². The maximum Gasteiger partial charge on any atom is 0.165 e. The predicted octanol–water partition coefficient (Wildman–Crippen LogP) is 15.9. The molecule has 10 aromatic rings. The van der Waals surface area contributed by atoms with E-state index in [1.807, 2.05) is 6.07 Å². The molecule has 1 spiro atoms. The standard InChI is InChI=1S/C63H47N3/c1-3-14-41(15-4-1)45-18-13-19-46(37-45)42-26-28-44(29-27-42)61-64-60(43-16-5-2-6-17-43)65-62(66-61)59-54-23-9-7-21-52(54)58(53-22-8-10-24-55(53)59)47-30-31-51-50-20-11-12-25-56(50)63(57(51)38-47)48-33-39-32-40(35-48)36-49(63)34-39/h1-31,37-40,48-49H,32-36H2. The highest BCUT2D eigenvalue weighted by atomic mass is 15.0. The van der Waals surface area contributed by atoms with Gasteiger partial charge in [-0.15, -0.1) is 0 Å². The molecule has 0 radical (unpaired) electrons. The molecule has 0 unspecified atom stereocenters. The number of aromatic nitrogens is 3. The van der Waals surface area contributed by atoms with Crippen LogP contribution < -0.4 is 0 Å². The van der Waals surface area contributed by atoms with Crippen molar-refractivity contribution >= 4 is 21.5 Å². The molecule has 314 valence electrons. The SMILES string of the molecule is c1ccc(-c2cccc(-c3ccc(-c4nc(-c5ccccc5)nc(-c5c6ccccc6c(-c6ccc7c(c6)C6(c8ccccc8-7)C7CC8CC(C7)CC6C8)c6ccccc56)n4)cc3)c2)cc1. The Bertz CT molecular complexity index is 3450. The zero-order chi connectivity index (χ0) is 43.3. The summed E-state index contributed by atoms with van der Waals surface area (Å²) >= 11 is 0. The maximum absolute atomic E-state index is 5.41. The molecule has 9 aromatic carbocycles. The highest BCUT2D eigenvalue weighted by Gasteiger charge is 2.61.